The van der Waals surface area contributed by atoms with Gasteiger partial charge in [-0.3, -0.25) is 0 Å². The summed E-state index contributed by atoms with van der Waals surface area (Å²) in [7, 11) is 0. The molecule has 0 atom stereocenters. The molecule has 1 aromatic carbocycles. The Balaban J connectivity index is 2.36. The van der Waals surface area contributed by atoms with Gasteiger partial charge in [0, 0.05) is 11.5 Å². The van der Waals surface area contributed by atoms with Crippen LogP contribution >= 0.6 is 0 Å². The van der Waals surface area contributed by atoms with Crippen molar-refractivity contribution in [3.05, 3.63) is 24.0 Å². The predicted octanol–water partition coefficient (Wildman–Crippen LogP) is 3.37. The van der Waals surface area contributed by atoms with E-state index in [2.05, 4.69) is 25.3 Å². The van der Waals surface area contributed by atoms with E-state index in [9.17, 15) is 5.11 Å². The zero-order chi connectivity index (χ0) is 12.2. The molecule has 17 heavy (non-hydrogen) atoms. The Morgan fingerprint density at radius 2 is 2.00 bits per heavy atom. The van der Waals surface area contributed by atoms with E-state index in [1.54, 1.807) is 6.07 Å². The summed E-state index contributed by atoms with van der Waals surface area (Å²) in [6.07, 6.45) is 2.39. The van der Waals surface area contributed by atoms with Gasteiger partial charge in [-0.25, -0.2) is 4.98 Å². The number of fused-ring (bicyclic) bond motifs is 1. The van der Waals surface area contributed by atoms with Crippen molar-refractivity contribution in [1.29, 1.82) is 0 Å². The highest BCUT2D eigenvalue weighted by molar-refractivity contribution is 5.82. The van der Waals surface area contributed by atoms with Crippen LogP contribution in [0.15, 0.2) is 18.2 Å². The average molecular weight is 230 g/mol. The van der Waals surface area contributed by atoms with Crippen LogP contribution in [0, 0.1) is 0 Å². The van der Waals surface area contributed by atoms with Crippen LogP contribution in [-0.2, 0) is 5.41 Å². The molecule has 3 nitrogen and oxygen atoms in total. The molecule has 90 valence electrons. The third-order valence-corrected chi connectivity index (χ3v) is 3.27. The van der Waals surface area contributed by atoms with Crippen molar-refractivity contribution in [3.8, 4) is 5.75 Å². The van der Waals surface area contributed by atoms with Gasteiger partial charge >= 0.3 is 0 Å². The van der Waals surface area contributed by atoms with E-state index in [1.165, 1.54) is 12.8 Å². The monoisotopic (exact) mass is 230 g/mol. The SMILES string of the molecule is CC(C)(C)c1nc2cccc(O)c2n1C1CC1. The average Bonchev–Trinajstić information content (AvgIpc) is 2.97. The number of rotatable bonds is 1. The molecule has 0 bridgehead atoms. The Bertz CT molecular complexity index is 574. The molecule has 2 aromatic rings. The summed E-state index contributed by atoms with van der Waals surface area (Å²) in [4.78, 5) is 4.71. The summed E-state index contributed by atoms with van der Waals surface area (Å²) >= 11 is 0. The van der Waals surface area contributed by atoms with Gasteiger partial charge in [-0.05, 0) is 25.0 Å². The lowest BCUT2D eigenvalue weighted by molar-refractivity contribution is 0.471. The second kappa shape index (κ2) is 3.25. The van der Waals surface area contributed by atoms with Gasteiger partial charge in [0.15, 0.2) is 0 Å². The molecule has 1 aliphatic rings. The van der Waals surface area contributed by atoms with Crippen molar-refractivity contribution in [2.45, 2.75) is 45.1 Å². The third kappa shape index (κ3) is 1.61. The number of nitrogens with zero attached hydrogens (tertiary/aromatic N) is 2. The van der Waals surface area contributed by atoms with Crippen molar-refractivity contribution >= 4 is 11.0 Å². The number of aromatic nitrogens is 2. The number of benzene rings is 1. The molecule has 3 heteroatoms. The summed E-state index contributed by atoms with van der Waals surface area (Å²) in [5, 5.41) is 10.0. The Morgan fingerprint density at radius 1 is 1.29 bits per heavy atom. The van der Waals surface area contributed by atoms with Gasteiger partial charge in [-0.2, -0.15) is 0 Å². The molecule has 0 saturated heterocycles. The quantitative estimate of drug-likeness (QED) is 0.815. The topological polar surface area (TPSA) is 38.1 Å². The van der Waals surface area contributed by atoms with E-state index in [-0.39, 0.29) is 5.41 Å². The van der Waals surface area contributed by atoms with Crippen LogP contribution in [0.5, 0.6) is 5.75 Å². The van der Waals surface area contributed by atoms with E-state index in [4.69, 9.17) is 4.98 Å². The lowest BCUT2D eigenvalue weighted by atomic mass is 9.95. The number of hydrogen-bond acceptors (Lipinski definition) is 2. The van der Waals surface area contributed by atoms with Crippen molar-refractivity contribution in [2.75, 3.05) is 0 Å². The summed E-state index contributed by atoms with van der Waals surface area (Å²) in [6.45, 7) is 6.51. The molecule has 1 aromatic heterocycles. The maximum atomic E-state index is 10.0. The van der Waals surface area contributed by atoms with Crippen molar-refractivity contribution in [3.63, 3.8) is 0 Å². The van der Waals surface area contributed by atoms with E-state index in [0.29, 0.717) is 11.8 Å². The molecule has 0 radical (unpaired) electrons. The largest absolute Gasteiger partial charge is 0.506 e. The highest BCUT2D eigenvalue weighted by Crippen LogP contribution is 2.43. The maximum Gasteiger partial charge on any atom is 0.141 e. The second-order valence-electron chi connectivity index (χ2n) is 5.93. The number of imidazole rings is 1. The normalized spacial score (nSPS) is 16.6. The minimum atomic E-state index is 0.00799. The van der Waals surface area contributed by atoms with Crippen LogP contribution in [0.2, 0.25) is 0 Å². The minimum absolute atomic E-state index is 0.00799. The van der Waals surface area contributed by atoms with Crippen LogP contribution in [0.4, 0.5) is 0 Å². The first-order valence-electron chi connectivity index (χ1n) is 6.19. The summed E-state index contributed by atoms with van der Waals surface area (Å²) in [5.41, 5.74) is 1.82. The number of hydrogen-bond donors (Lipinski definition) is 1. The first-order valence-corrected chi connectivity index (χ1v) is 6.19. The van der Waals surface area contributed by atoms with Crippen LogP contribution in [-0.4, -0.2) is 14.7 Å². The van der Waals surface area contributed by atoms with Gasteiger partial charge in [0.1, 0.15) is 17.1 Å². The molecule has 0 aliphatic heterocycles. The number of para-hydroxylation sites is 1. The Kier molecular flexibility index (Phi) is 2.03. The van der Waals surface area contributed by atoms with Gasteiger partial charge in [0.25, 0.3) is 0 Å². The zero-order valence-corrected chi connectivity index (χ0v) is 10.6. The lowest BCUT2D eigenvalue weighted by Gasteiger charge is -2.20. The molecule has 1 N–H and O–H groups in total. The molecule has 1 fully saturated rings. The molecule has 0 unspecified atom stereocenters. The van der Waals surface area contributed by atoms with Crippen molar-refractivity contribution in [2.24, 2.45) is 0 Å². The molecule has 3 rings (SSSR count). The third-order valence-electron chi connectivity index (χ3n) is 3.27. The number of phenols is 1. The van der Waals surface area contributed by atoms with Gasteiger partial charge < -0.3 is 9.67 Å². The van der Waals surface area contributed by atoms with E-state index >= 15 is 0 Å². The molecule has 0 spiro atoms. The number of aromatic hydroxyl groups is 1. The molecular formula is C14H18N2O. The Labute approximate surface area is 101 Å². The summed E-state index contributed by atoms with van der Waals surface area (Å²) in [6, 6.07) is 6.11. The van der Waals surface area contributed by atoms with Crippen LogP contribution in [0.1, 0.15) is 45.5 Å². The molecular weight excluding hydrogens is 212 g/mol. The molecule has 1 heterocycles. The highest BCUT2D eigenvalue weighted by atomic mass is 16.3. The van der Waals surface area contributed by atoms with Crippen molar-refractivity contribution < 1.29 is 5.11 Å². The van der Waals surface area contributed by atoms with Crippen LogP contribution < -0.4 is 0 Å². The van der Waals surface area contributed by atoms with Crippen LogP contribution in [0.3, 0.4) is 0 Å². The van der Waals surface area contributed by atoms with Gasteiger partial charge in [0.2, 0.25) is 0 Å². The lowest BCUT2D eigenvalue weighted by Crippen LogP contribution is -2.18. The molecule has 1 saturated carbocycles. The first kappa shape index (κ1) is 10.6. The smallest absolute Gasteiger partial charge is 0.141 e. The fourth-order valence-corrected chi connectivity index (χ4v) is 2.35. The minimum Gasteiger partial charge on any atom is -0.506 e. The van der Waals surface area contributed by atoms with Crippen molar-refractivity contribution in [1.82, 2.24) is 9.55 Å². The van der Waals surface area contributed by atoms with Crippen LogP contribution in [0.25, 0.3) is 11.0 Å². The highest BCUT2D eigenvalue weighted by Gasteiger charge is 2.33. The Hall–Kier alpha value is -1.51. The first-order chi connectivity index (χ1) is 7.98. The van der Waals surface area contributed by atoms with Gasteiger partial charge in [-0.15, -0.1) is 0 Å². The second-order valence-corrected chi connectivity index (χ2v) is 5.93. The summed E-state index contributed by atoms with van der Waals surface area (Å²) < 4.78 is 2.24. The molecule has 1 aliphatic carbocycles. The summed E-state index contributed by atoms with van der Waals surface area (Å²) in [5.74, 6) is 1.42. The van der Waals surface area contributed by atoms with Gasteiger partial charge in [0.05, 0.1) is 5.52 Å². The zero-order valence-electron chi connectivity index (χ0n) is 10.6. The fourth-order valence-electron chi connectivity index (χ4n) is 2.35. The molecule has 0 amide bonds. The standard InChI is InChI=1S/C14H18N2O/c1-14(2,3)13-15-10-5-4-6-11(17)12(10)16(13)9-7-8-9/h4-6,9,17H,7-8H2,1-3H3. The van der Waals surface area contributed by atoms with Gasteiger partial charge in [-0.1, -0.05) is 26.8 Å². The predicted molar refractivity (Wildman–Crippen MR) is 68.4 cm³/mol. The number of phenolic OH excluding ortho intramolecular Hbond substituents is 1. The van der Waals surface area contributed by atoms with E-state index < -0.39 is 0 Å². The van der Waals surface area contributed by atoms with E-state index in [1.807, 2.05) is 12.1 Å². The Morgan fingerprint density at radius 3 is 2.59 bits per heavy atom. The fraction of sp³-hybridized carbons (Fsp3) is 0.500. The maximum absolute atomic E-state index is 10.0. The van der Waals surface area contributed by atoms with E-state index in [0.717, 1.165) is 16.9 Å².